The third-order valence-electron chi connectivity index (χ3n) is 5.21. The number of anilines is 2. The van der Waals surface area contributed by atoms with Crippen LogP contribution in [0.3, 0.4) is 0 Å². The van der Waals surface area contributed by atoms with Gasteiger partial charge in [-0.05, 0) is 24.3 Å². The fourth-order valence-electron chi connectivity index (χ4n) is 3.63. The van der Waals surface area contributed by atoms with Crippen LogP contribution >= 0.6 is 0 Å². The molecule has 1 fully saturated rings. The van der Waals surface area contributed by atoms with Gasteiger partial charge in [-0.3, -0.25) is 19.3 Å². The predicted octanol–water partition coefficient (Wildman–Crippen LogP) is 2.06. The highest BCUT2D eigenvalue weighted by Crippen LogP contribution is 2.19. The average molecular weight is 420 g/mol. The number of morpholine rings is 1. The number of ether oxygens (including phenoxy) is 1. The molecule has 0 bridgehead atoms. The maximum absolute atomic E-state index is 13.0. The molecule has 0 aliphatic carbocycles. The lowest BCUT2D eigenvalue weighted by Crippen LogP contribution is -2.41. The van der Waals surface area contributed by atoms with E-state index < -0.39 is 0 Å². The number of fused-ring (bicyclic) bond motifs is 1. The van der Waals surface area contributed by atoms with Crippen molar-refractivity contribution < 1.29 is 14.3 Å². The number of hydrogen-bond donors (Lipinski definition) is 2. The fraction of sp³-hybridized carbons (Fsp3) is 0.261. The number of benzene rings is 2. The van der Waals surface area contributed by atoms with Crippen LogP contribution in [0.2, 0.25) is 0 Å². The lowest BCUT2D eigenvalue weighted by Gasteiger charge is -2.25. The van der Waals surface area contributed by atoms with Crippen molar-refractivity contribution in [2.75, 3.05) is 43.5 Å². The third-order valence-corrected chi connectivity index (χ3v) is 5.21. The molecule has 31 heavy (non-hydrogen) atoms. The van der Waals surface area contributed by atoms with Crippen LogP contribution in [0, 0.1) is 0 Å². The van der Waals surface area contributed by atoms with E-state index in [-0.39, 0.29) is 17.4 Å². The number of nitrogens with one attached hydrogen (secondary N) is 2. The summed E-state index contributed by atoms with van der Waals surface area (Å²) in [6.07, 6.45) is 1.54. The Morgan fingerprint density at radius 2 is 1.65 bits per heavy atom. The van der Waals surface area contributed by atoms with Crippen LogP contribution in [0.15, 0.2) is 59.5 Å². The van der Waals surface area contributed by atoms with Gasteiger partial charge in [0.15, 0.2) is 0 Å². The molecule has 8 heteroatoms. The number of rotatable bonds is 5. The van der Waals surface area contributed by atoms with E-state index in [2.05, 4.69) is 10.6 Å². The molecule has 4 rings (SSSR count). The number of hydrogen-bond acceptors (Lipinski definition) is 5. The zero-order valence-electron chi connectivity index (χ0n) is 17.3. The normalized spacial score (nSPS) is 14.4. The summed E-state index contributed by atoms with van der Waals surface area (Å²) in [5.74, 6) is -0.446. The number of nitrogens with zero attached hydrogens (tertiary/aromatic N) is 2. The minimum Gasteiger partial charge on any atom is -0.379 e. The van der Waals surface area contributed by atoms with E-state index in [1.165, 1.54) is 10.8 Å². The first kappa shape index (κ1) is 20.8. The van der Waals surface area contributed by atoms with E-state index in [4.69, 9.17) is 4.74 Å². The van der Waals surface area contributed by atoms with Crippen molar-refractivity contribution in [3.8, 4) is 0 Å². The van der Waals surface area contributed by atoms with E-state index in [1.54, 1.807) is 55.6 Å². The highest BCUT2D eigenvalue weighted by atomic mass is 16.5. The Labute approximate surface area is 179 Å². The SMILES string of the molecule is Cn1cc(C(=O)Nc2cccc(NC(=O)CN3CCOCC3)c2)c2ccccc2c1=O. The van der Waals surface area contributed by atoms with Gasteiger partial charge >= 0.3 is 0 Å². The molecule has 1 aromatic heterocycles. The average Bonchev–Trinajstić information content (AvgIpc) is 2.77. The highest BCUT2D eigenvalue weighted by molar-refractivity contribution is 6.12. The van der Waals surface area contributed by atoms with Crippen LogP contribution in [0.1, 0.15) is 10.4 Å². The summed E-state index contributed by atoms with van der Waals surface area (Å²) in [5, 5.41) is 6.81. The maximum Gasteiger partial charge on any atom is 0.258 e. The molecule has 0 saturated carbocycles. The van der Waals surface area contributed by atoms with Gasteiger partial charge in [0.25, 0.3) is 11.5 Å². The summed E-state index contributed by atoms with van der Waals surface area (Å²) in [7, 11) is 1.62. The molecule has 0 spiro atoms. The number of aryl methyl sites for hydroxylation is 1. The Balaban J connectivity index is 1.48. The second-order valence-electron chi connectivity index (χ2n) is 7.48. The van der Waals surface area contributed by atoms with Crippen molar-refractivity contribution in [3.05, 3.63) is 70.6 Å². The van der Waals surface area contributed by atoms with E-state index in [9.17, 15) is 14.4 Å². The van der Waals surface area contributed by atoms with Crippen molar-refractivity contribution in [3.63, 3.8) is 0 Å². The van der Waals surface area contributed by atoms with Gasteiger partial charge in [-0.2, -0.15) is 0 Å². The standard InChI is InChI=1S/C23H24N4O4/c1-26-14-20(18-7-2-3-8-19(18)23(26)30)22(29)25-17-6-4-5-16(13-17)24-21(28)15-27-9-11-31-12-10-27/h2-8,13-14H,9-12,15H2,1H3,(H,24,28)(H,25,29). The Morgan fingerprint density at radius 3 is 2.39 bits per heavy atom. The van der Waals surface area contributed by atoms with Crippen LogP contribution in [0.25, 0.3) is 10.8 Å². The number of carbonyl (C=O) groups excluding carboxylic acids is 2. The molecule has 1 aliphatic heterocycles. The zero-order chi connectivity index (χ0) is 21.8. The second kappa shape index (κ2) is 9.11. The fourth-order valence-corrected chi connectivity index (χ4v) is 3.63. The Kier molecular flexibility index (Phi) is 6.11. The van der Waals surface area contributed by atoms with E-state index in [1.807, 2.05) is 4.90 Å². The summed E-state index contributed by atoms with van der Waals surface area (Å²) in [4.78, 5) is 39.7. The summed E-state index contributed by atoms with van der Waals surface area (Å²) >= 11 is 0. The number of amides is 2. The second-order valence-corrected chi connectivity index (χ2v) is 7.48. The summed E-state index contributed by atoms with van der Waals surface area (Å²) in [6.45, 7) is 3.03. The van der Waals surface area contributed by atoms with Crippen molar-refractivity contribution in [2.45, 2.75) is 0 Å². The van der Waals surface area contributed by atoms with Gasteiger partial charge in [0, 0.05) is 48.5 Å². The van der Waals surface area contributed by atoms with Crippen LogP contribution < -0.4 is 16.2 Å². The van der Waals surface area contributed by atoms with Crippen LogP contribution in [0.4, 0.5) is 11.4 Å². The number of carbonyl (C=O) groups is 2. The molecule has 2 heterocycles. The molecule has 3 aromatic rings. The molecule has 2 amide bonds. The van der Waals surface area contributed by atoms with Gasteiger partial charge in [-0.25, -0.2) is 0 Å². The smallest absolute Gasteiger partial charge is 0.258 e. The first-order valence-corrected chi connectivity index (χ1v) is 10.1. The van der Waals surface area contributed by atoms with Crippen molar-refractivity contribution in [2.24, 2.45) is 7.05 Å². The Bertz CT molecular complexity index is 1180. The topological polar surface area (TPSA) is 92.7 Å². The number of pyridine rings is 1. The molecule has 2 aromatic carbocycles. The van der Waals surface area contributed by atoms with Gasteiger partial charge in [0.2, 0.25) is 5.91 Å². The minimum atomic E-state index is -0.330. The van der Waals surface area contributed by atoms with E-state index in [0.717, 1.165) is 13.1 Å². The molecule has 0 radical (unpaired) electrons. The Morgan fingerprint density at radius 1 is 0.968 bits per heavy atom. The molecule has 1 saturated heterocycles. The molecular weight excluding hydrogens is 396 g/mol. The summed E-state index contributed by atoms with van der Waals surface area (Å²) in [6, 6.07) is 14.0. The van der Waals surface area contributed by atoms with E-state index >= 15 is 0 Å². The van der Waals surface area contributed by atoms with Gasteiger partial charge in [0.1, 0.15) is 0 Å². The van der Waals surface area contributed by atoms with Gasteiger partial charge in [0.05, 0.1) is 25.3 Å². The van der Waals surface area contributed by atoms with Gasteiger partial charge in [-0.1, -0.05) is 24.3 Å². The van der Waals surface area contributed by atoms with Gasteiger partial charge < -0.3 is 19.9 Å². The summed E-state index contributed by atoms with van der Waals surface area (Å²) < 4.78 is 6.70. The first-order valence-electron chi connectivity index (χ1n) is 10.1. The summed E-state index contributed by atoms with van der Waals surface area (Å²) in [5.41, 5.74) is 1.39. The third kappa shape index (κ3) is 4.82. The Hall–Kier alpha value is -3.49. The van der Waals surface area contributed by atoms with Crippen LogP contribution in [-0.2, 0) is 16.6 Å². The lowest BCUT2D eigenvalue weighted by molar-refractivity contribution is -0.118. The van der Waals surface area contributed by atoms with Crippen LogP contribution in [-0.4, -0.2) is 54.1 Å². The molecular formula is C23H24N4O4. The number of aromatic nitrogens is 1. The van der Waals surface area contributed by atoms with Crippen LogP contribution in [0.5, 0.6) is 0 Å². The van der Waals surface area contributed by atoms with Crippen molar-refractivity contribution >= 4 is 34.0 Å². The maximum atomic E-state index is 13.0. The van der Waals surface area contributed by atoms with E-state index in [0.29, 0.717) is 47.5 Å². The van der Waals surface area contributed by atoms with Crippen molar-refractivity contribution in [1.29, 1.82) is 0 Å². The monoisotopic (exact) mass is 420 g/mol. The molecule has 160 valence electrons. The predicted molar refractivity (Wildman–Crippen MR) is 119 cm³/mol. The van der Waals surface area contributed by atoms with Crippen molar-refractivity contribution in [1.82, 2.24) is 9.47 Å². The lowest BCUT2D eigenvalue weighted by atomic mass is 10.1. The largest absolute Gasteiger partial charge is 0.379 e. The molecule has 0 unspecified atom stereocenters. The molecule has 8 nitrogen and oxygen atoms in total. The van der Waals surface area contributed by atoms with Gasteiger partial charge in [-0.15, -0.1) is 0 Å². The zero-order valence-corrected chi connectivity index (χ0v) is 17.3. The highest BCUT2D eigenvalue weighted by Gasteiger charge is 2.16. The quantitative estimate of drug-likeness (QED) is 0.659. The molecule has 1 aliphatic rings. The molecule has 2 N–H and O–H groups in total. The molecule has 0 atom stereocenters. The minimum absolute atomic E-state index is 0.116. The first-order chi connectivity index (χ1) is 15.0.